The fourth-order valence-electron chi connectivity index (χ4n) is 1.64. The summed E-state index contributed by atoms with van der Waals surface area (Å²) in [5, 5.41) is 3.17. The van der Waals surface area contributed by atoms with Crippen molar-refractivity contribution < 1.29 is 4.74 Å². The Morgan fingerprint density at radius 3 is 2.58 bits per heavy atom. The van der Waals surface area contributed by atoms with Gasteiger partial charge in [-0.1, -0.05) is 0 Å². The zero-order valence-electron chi connectivity index (χ0n) is 8.18. The predicted molar refractivity (Wildman–Crippen MR) is 50.4 cm³/mol. The number of likely N-dealkylation sites (tertiary alicyclic amines) is 1. The number of piperidine rings is 1. The number of methoxy groups -OCH3 is 1. The van der Waals surface area contributed by atoms with Crippen molar-refractivity contribution in [3.05, 3.63) is 0 Å². The summed E-state index contributed by atoms with van der Waals surface area (Å²) in [6.45, 7) is 4.66. The molecule has 0 spiro atoms. The zero-order chi connectivity index (χ0) is 8.81. The number of likely N-dealkylation sites (N-methyl/N-ethyl adjacent to an activating group) is 1. The van der Waals surface area contributed by atoms with Crippen molar-refractivity contribution in [2.24, 2.45) is 0 Å². The molecule has 0 aromatic heterocycles. The summed E-state index contributed by atoms with van der Waals surface area (Å²) in [6.07, 6.45) is 2.90. The Hall–Kier alpha value is -0.120. The van der Waals surface area contributed by atoms with Crippen LogP contribution in [-0.2, 0) is 4.74 Å². The molecule has 1 saturated heterocycles. The van der Waals surface area contributed by atoms with Crippen LogP contribution in [-0.4, -0.2) is 51.3 Å². The summed E-state index contributed by atoms with van der Waals surface area (Å²) in [5.41, 5.74) is 0. The SMILES string of the molecule is CNCCN1CCC(OC)CC1. The maximum Gasteiger partial charge on any atom is 0.0595 e. The predicted octanol–water partition coefficient (Wildman–Crippen LogP) is 0.317. The van der Waals surface area contributed by atoms with E-state index in [0.717, 1.165) is 6.54 Å². The van der Waals surface area contributed by atoms with Gasteiger partial charge in [0.05, 0.1) is 6.10 Å². The van der Waals surface area contributed by atoms with Gasteiger partial charge in [0.15, 0.2) is 0 Å². The Kier molecular flexibility index (Phi) is 4.58. The van der Waals surface area contributed by atoms with Crippen LogP contribution in [0.25, 0.3) is 0 Å². The number of ether oxygens (including phenoxy) is 1. The molecule has 0 atom stereocenters. The van der Waals surface area contributed by atoms with Gasteiger partial charge in [0, 0.05) is 33.3 Å². The van der Waals surface area contributed by atoms with Crippen LogP contribution in [0.15, 0.2) is 0 Å². The fraction of sp³-hybridized carbons (Fsp3) is 1.00. The van der Waals surface area contributed by atoms with Gasteiger partial charge < -0.3 is 15.0 Å². The zero-order valence-corrected chi connectivity index (χ0v) is 8.18. The number of hydrogen-bond donors (Lipinski definition) is 1. The molecule has 1 heterocycles. The molecule has 0 bridgehead atoms. The first-order chi connectivity index (χ1) is 5.86. The van der Waals surface area contributed by atoms with E-state index >= 15 is 0 Å². The van der Waals surface area contributed by atoms with Crippen LogP contribution in [0.3, 0.4) is 0 Å². The minimum absolute atomic E-state index is 0.510. The van der Waals surface area contributed by atoms with Crippen molar-refractivity contribution in [1.82, 2.24) is 10.2 Å². The number of rotatable bonds is 4. The molecule has 1 fully saturated rings. The van der Waals surface area contributed by atoms with Crippen molar-refractivity contribution in [2.75, 3.05) is 40.3 Å². The van der Waals surface area contributed by atoms with Gasteiger partial charge in [0.2, 0.25) is 0 Å². The lowest BCUT2D eigenvalue weighted by Crippen LogP contribution is -2.39. The number of nitrogens with zero attached hydrogens (tertiary/aromatic N) is 1. The number of hydrogen-bond acceptors (Lipinski definition) is 3. The van der Waals surface area contributed by atoms with Crippen molar-refractivity contribution in [1.29, 1.82) is 0 Å². The Bertz CT molecular complexity index is 111. The molecule has 3 heteroatoms. The third-order valence-electron chi connectivity index (χ3n) is 2.55. The van der Waals surface area contributed by atoms with Crippen LogP contribution in [0.2, 0.25) is 0 Å². The second-order valence-corrected chi connectivity index (χ2v) is 3.38. The minimum Gasteiger partial charge on any atom is -0.381 e. The molecule has 0 amide bonds. The molecule has 1 aliphatic heterocycles. The van der Waals surface area contributed by atoms with Crippen LogP contribution < -0.4 is 5.32 Å². The van der Waals surface area contributed by atoms with Crippen LogP contribution in [0, 0.1) is 0 Å². The summed E-state index contributed by atoms with van der Waals surface area (Å²) in [7, 11) is 3.82. The van der Waals surface area contributed by atoms with Crippen LogP contribution in [0.5, 0.6) is 0 Å². The van der Waals surface area contributed by atoms with Gasteiger partial charge in [0.1, 0.15) is 0 Å². The average molecular weight is 172 g/mol. The van der Waals surface area contributed by atoms with Gasteiger partial charge in [-0.25, -0.2) is 0 Å². The van der Waals surface area contributed by atoms with E-state index in [4.69, 9.17) is 4.74 Å². The Labute approximate surface area is 75.1 Å². The van der Waals surface area contributed by atoms with Crippen molar-refractivity contribution in [3.63, 3.8) is 0 Å². The van der Waals surface area contributed by atoms with Crippen molar-refractivity contribution >= 4 is 0 Å². The highest BCUT2D eigenvalue weighted by molar-refractivity contribution is 4.72. The quantitative estimate of drug-likeness (QED) is 0.661. The monoisotopic (exact) mass is 172 g/mol. The molecule has 3 nitrogen and oxygen atoms in total. The van der Waals surface area contributed by atoms with E-state index in [-0.39, 0.29) is 0 Å². The average Bonchev–Trinajstić information content (AvgIpc) is 2.15. The maximum absolute atomic E-state index is 5.30. The topological polar surface area (TPSA) is 24.5 Å². The molecular weight excluding hydrogens is 152 g/mol. The minimum atomic E-state index is 0.510. The Balaban J connectivity index is 2.09. The summed E-state index contributed by atoms with van der Waals surface area (Å²) in [5.74, 6) is 0. The molecule has 0 saturated carbocycles. The summed E-state index contributed by atoms with van der Waals surface area (Å²) < 4.78 is 5.30. The van der Waals surface area contributed by atoms with E-state index in [0.29, 0.717) is 6.10 Å². The molecule has 1 aliphatic rings. The van der Waals surface area contributed by atoms with Gasteiger partial charge in [-0.05, 0) is 19.9 Å². The smallest absolute Gasteiger partial charge is 0.0595 e. The van der Waals surface area contributed by atoms with Gasteiger partial charge in [-0.2, -0.15) is 0 Å². The first-order valence-corrected chi connectivity index (χ1v) is 4.76. The second-order valence-electron chi connectivity index (χ2n) is 3.38. The highest BCUT2D eigenvalue weighted by Crippen LogP contribution is 2.11. The third kappa shape index (κ3) is 3.09. The van der Waals surface area contributed by atoms with Crippen LogP contribution in [0.1, 0.15) is 12.8 Å². The molecule has 0 aromatic rings. The van der Waals surface area contributed by atoms with Crippen LogP contribution >= 0.6 is 0 Å². The maximum atomic E-state index is 5.30. The third-order valence-corrected chi connectivity index (χ3v) is 2.55. The molecular formula is C9H20N2O. The van der Waals surface area contributed by atoms with E-state index in [9.17, 15) is 0 Å². The van der Waals surface area contributed by atoms with Gasteiger partial charge in [-0.15, -0.1) is 0 Å². The normalized spacial score (nSPS) is 21.5. The summed E-state index contributed by atoms with van der Waals surface area (Å²) >= 11 is 0. The molecule has 72 valence electrons. The lowest BCUT2D eigenvalue weighted by molar-refractivity contribution is 0.0416. The molecule has 0 aliphatic carbocycles. The van der Waals surface area contributed by atoms with E-state index in [2.05, 4.69) is 10.2 Å². The van der Waals surface area contributed by atoms with Gasteiger partial charge >= 0.3 is 0 Å². The van der Waals surface area contributed by atoms with E-state index < -0.39 is 0 Å². The molecule has 0 unspecified atom stereocenters. The standard InChI is InChI=1S/C9H20N2O/c1-10-5-8-11-6-3-9(12-2)4-7-11/h9-10H,3-8H2,1-2H3. The lowest BCUT2D eigenvalue weighted by atomic mass is 10.1. The highest BCUT2D eigenvalue weighted by atomic mass is 16.5. The van der Waals surface area contributed by atoms with E-state index in [1.807, 2.05) is 14.2 Å². The van der Waals surface area contributed by atoms with E-state index in [1.54, 1.807) is 0 Å². The number of nitrogens with one attached hydrogen (secondary N) is 1. The van der Waals surface area contributed by atoms with E-state index in [1.165, 1.54) is 32.5 Å². The second kappa shape index (κ2) is 5.51. The van der Waals surface area contributed by atoms with Gasteiger partial charge in [-0.3, -0.25) is 0 Å². The van der Waals surface area contributed by atoms with Crippen molar-refractivity contribution in [3.8, 4) is 0 Å². The van der Waals surface area contributed by atoms with Crippen molar-refractivity contribution in [2.45, 2.75) is 18.9 Å². The molecule has 12 heavy (non-hydrogen) atoms. The molecule has 0 aromatic carbocycles. The largest absolute Gasteiger partial charge is 0.381 e. The summed E-state index contributed by atoms with van der Waals surface area (Å²) in [6, 6.07) is 0. The fourth-order valence-corrected chi connectivity index (χ4v) is 1.64. The Morgan fingerprint density at radius 2 is 2.08 bits per heavy atom. The van der Waals surface area contributed by atoms with Gasteiger partial charge in [0.25, 0.3) is 0 Å². The lowest BCUT2D eigenvalue weighted by Gasteiger charge is -2.30. The summed E-state index contributed by atoms with van der Waals surface area (Å²) in [4.78, 5) is 2.49. The molecule has 1 rings (SSSR count). The molecule has 1 N–H and O–H groups in total. The Morgan fingerprint density at radius 1 is 1.42 bits per heavy atom. The first kappa shape index (κ1) is 9.96. The first-order valence-electron chi connectivity index (χ1n) is 4.76. The molecule has 0 radical (unpaired) electrons. The van der Waals surface area contributed by atoms with Crippen LogP contribution in [0.4, 0.5) is 0 Å². The highest BCUT2D eigenvalue weighted by Gasteiger charge is 2.17.